The second-order valence-corrected chi connectivity index (χ2v) is 8.52. The van der Waals surface area contributed by atoms with Gasteiger partial charge < -0.3 is 10.5 Å². The molecular formula is C24H33N3O2. The number of ether oxygens (including phenoxy) is 1. The molecule has 1 amide bonds. The number of nitrogens with two attached hydrogens (primary N) is 1. The van der Waals surface area contributed by atoms with Crippen molar-refractivity contribution in [2.75, 3.05) is 26.7 Å². The van der Waals surface area contributed by atoms with E-state index in [2.05, 4.69) is 23.1 Å². The van der Waals surface area contributed by atoms with Crippen LogP contribution < -0.4 is 5.73 Å². The van der Waals surface area contributed by atoms with Gasteiger partial charge in [0.05, 0.1) is 5.56 Å². The minimum atomic E-state index is -0.429. The first-order valence-corrected chi connectivity index (χ1v) is 10.8. The molecule has 2 aliphatic rings. The second-order valence-electron chi connectivity index (χ2n) is 8.52. The summed E-state index contributed by atoms with van der Waals surface area (Å²) in [6.07, 6.45) is 8.44. The number of nitriles is 1. The van der Waals surface area contributed by atoms with Crippen molar-refractivity contribution >= 4 is 11.5 Å². The van der Waals surface area contributed by atoms with Gasteiger partial charge in [0, 0.05) is 20.2 Å². The number of aryl methyl sites for hydroxylation is 1. The molecule has 1 aromatic carbocycles. The van der Waals surface area contributed by atoms with Gasteiger partial charge in [-0.1, -0.05) is 37.1 Å². The van der Waals surface area contributed by atoms with E-state index >= 15 is 0 Å². The normalized spacial score (nSPS) is 23.8. The van der Waals surface area contributed by atoms with Gasteiger partial charge in [0.2, 0.25) is 5.91 Å². The third kappa shape index (κ3) is 5.26. The Balaban J connectivity index is 1.47. The first kappa shape index (κ1) is 21.5. The van der Waals surface area contributed by atoms with Crippen molar-refractivity contribution in [1.82, 2.24) is 4.90 Å². The minimum absolute atomic E-state index is 0.276. The zero-order valence-corrected chi connectivity index (χ0v) is 17.7. The minimum Gasteiger partial charge on any atom is -0.371 e. The molecule has 1 unspecified atom stereocenters. The Hall–Kier alpha value is -2.16. The fourth-order valence-corrected chi connectivity index (χ4v) is 4.93. The highest BCUT2D eigenvalue weighted by atomic mass is 16.5. The summed E-state index contributed by atoms with van der Waals surface area (Å²) < 4.78 is 5.30. The van der Waals surface area contributed by atoms with E-state index in [9.17, 15) is 10.1 Å². The molecule has 1 aliphatic heterocycles. The van der Waals surface area contributed by atoms with Crippen LogP contribution in [0.5, 0.6) is 0 Å². The molecule has 29 heavy (non-hydrogen) atoms. The molecule has 3 rings (SSSR count). The predicted molar refractivity (Wildman–Crippen MR) is 115 cm³/mol. The SMILES string of the molecule is COC(C(N)=O)C1CCC(CCN2CC=C(c3cccc(C)c3C#N)CC2)CC1. The van der Waals surface area contributed by atoms with E-state index in [0.717, 1.165) is 74.3 Å². The lowest BCUT2D eigenvalue weighted by Crippen LogP contribution is -2.39. The molecule has 1 heterocycles. The monoisotopic (exact) mass is 395 g/mol. The summed E-state index contributed by atoms with van der Waals surface area (Å²) in [5, 5.41) is 9.49. The van der Waals surface area contributed by atoms with Gasteiger partial charge in [-0.3, -0.25) is 9.69 Å². The van der Waals surface area contributed by atoms with Crippen LogP contribution in [0.2, 0.25) is 0 Å². The molecule has 0 saturated heterocycles. The van der Waals surface area contributed by atoms with Crippen LogP contribution in [0.3, 0.4) is 0 Å². The molecule has 0 spiro atoms. The van der Waals surface area contributed by atoms with Gasteiger partial charge in [-0.05, 0) is 67.7 Å². The molecule has 0 radical (unpaired) electrons. The fourth-order valence-electron chi connectivity index (χ4n) is 4.93. The first-order chi connectivity index (χ1) is 14.0. The maximum absolute atomic E-state index is 11.5. The third-order valence-electron chi connectivity index (χ3n) is 6.73. The van der Waals surface area contributed by atoms with Gasteiger partial charge >= 0.3 is 0 Å². The van der Waals surface area contributed by atoms with Crippen molar-refractivity contribution in [3.63, 3.8) is 0 Å². The van der Waals surface area contributed by atoms with Crippen LogP contribution in [0, 0.1) is 30.1 Å². The van der Waals surface area contributed by atoms with E-state index in [1.807, 2.05) is 19.1 Å². The first-order valence-electron chi connectivity index (χ1n) is 10.8. The smallest absolute Gasteiger partial charge is 0.246 e. The highest BCUT2D eigenvalue weighted by Gasteiger charge is 2.31. The number of carbonyl (C=O) groups excluding carboxylic acids is 1. The summed E-state index contributed by atoms with van der Waals surface area (Å²) >= 11 is 0. The highest BCUT2D eigenvalue weighted by molar-refractivity contribution is 5.79. The number of amides is 1. The molecule has 1 atom stereocenters. The lowest BCUT2D eigenvalue weighted by atomic mass is 9.78. The summed E-state index contributed by atoms with van der Waals surface area (Å²) in [5.74, 6) is 0.668. The molecule has 1 aromatic rings. The molecular weight excluding hydrogens is 362 g/mol. The van der Waals surface area contributed by atoms with E-state index in [4.69, 9.17) is 10.5 Å². The molecule has 5 nitrogen and oxygen atoms in total. The summed E-state index contributed by atoms with van der Waals surface area (Å²) in [5.41, 5.74) is 9.73. The second kappa shape index (κ2) is 10.0. The zero-order chi connectivity index (χ0) is 20.8. The Morgan fingerprint density at radius 3 is 2.69 bits per heavy atom. The summed E-state index contributed by atoms with van der Waals surface area (Å²) in [4.78, 5) is 14.0. The van der Waals surface area contributed by atoms with Crippen LogP contribution in [-0.4, -0.2) is 43.7 Å². The number of nitrogens with zero attached hydrogens (tertiary/aromatic N) is 2. The van der Waals surface area contributed by atoms with Crippen LogP contribution in [0.4, 0.5) is 0 Å². The van der Waals surface area contributed by atoms with Gasteiger partial charge in [-0.15, -0.1) is 0 Å². The summed E-state index contributed by atoms with van der Waals surface area (Å²) in [6.45, 7) is 5.12. The van der Waals surface area contributed by atoms with Gasteiger partial charge in [0.15, 0.2) is 0 Å². The third-order valence-corrected chi connectivity index (χ3v) is 6.73. The predicted octanol–water partition coefficient (Wildman–Crippen LogP) is 3.65. The maximum Gasteiger partial charge on any atom is 0.246 e. The molecule has 5 heteroatoms. The topological polar surface area (TPSA) is 79.3 Å². The Morgan fingerprint density at radius 2 is 2.10 bits per heavy atom. The highest BCUT2D eigenvalue weighted by Crippen LogP contribution is 2.34. The number of benzene rings is 1. The van der Waals surface area contributed by atoms with E-state index in [1.165, 1.54) is 12.0 Å². The number of hydrogen-bond acceptors (Lipinski definition) is 4. The Bertz CT molecular complexity index is 788. The lowest BCUT2D eigenvalue weighted by molar-refractivity contribution is -0.131. The zero-order valence-electron chi connectivity index (χ0n) is 17.7. The Labute approximate surface area is 174 Å². The quantitative estimate of drug-likeness (QED) is 0.764. The van der Waals surface area contributed by atoms with E-state index in [-0.39, 0.29) is 11.8 Å². The molecule has 1 aliphatic carbocycles. The van der Waals surface area contributed by atoms with Crippen LogP contribution in [0.1, 0.15) is 55.2 Å². The maximum atomic E-state index is 11.5. The van der Waals surface area contributed by atoms with Crippen molar-refractivity contribution in [1.29, 1.82) is 5.26 Å². The van der Waals surface area contributed by atoms with Crippen molar-refractivity contribution in [2.45, 2.75) is 51.6 Å². The van der Waals surface area contributed by atoms with Crippen molar-refractivity contribution < 1.29 is 9.53 Å². The average molecular weight is 396 g/mol. The van der Waals surface area contributed by atoms with Crippen LogP contribution in [-0.2, 0) is 9.53 Å². The molecule has 1 saturated carbocycles. The summed E-state index contributed by atoms with van der Waals surface area (Å²) in [6, 6.07) is 8.49. The van der Waals surface area contributed by atoms with Gasteiger partial charge in [-0.25, -0.2) is 0 Å². The Kier molecular flexibility index (Phi) is 7.46. The molecule has 156 valence electrons. The van der Waals surface area contributed by atoms with Crippen LogP contribution >= 0.6 is 0 Å². The van der Waals surface area contributed by atoms with Crippen LogP contribution in [0.25, 0.3) is 5.57 Å². The van der Waals surface area contributed by atoms with Crippen LogP contribution in [0.15, 0.2) is 24.3 Å². The molecule has 1 fully saturated rings. The summed E-state index contributed by atoms with van der Waals surface area (Å²) in [7, 11) is 1.58. The van der Waals surface area contributed by atoms with Crippen molar-refractivity contribution in [3.8, 4) is 6.07 Å². The number of methoxy groups -OCH3 is 1. The number of primary amides is 1. The van der Waals surface area contributed by atoms with Crippen molar-refractivity contribution in [2.24, 2.45) is 17.6 Å². The standard InChI is InChI=1S/C24H33N3O2/c1-17-4-3-5-21(22(17)16-25)19-11-14-27(15-12-19)13-10-18-6-8-20(9-7-18)23(29-2)24(26)28/h3-5,11,18,20,23H,6-10,12-15H2,1-2H3,(H2,26,28). The largest absolute Gasteiger partial charge is 0.371 e. The molecule has 0 bridgehead atoms. The number of carbonyl (C=O) groups is 1. The average Bonchev–Trinajstić information content (AvgIpc) is 2.73. The number of rotatable bonds is 7. The number of hydrogen-bond donors (Lipinski definition) is 1. The van der Waals surface area contributed by atoms with Crippen molar-refractivity contribution in [3.05, 3.63) is 41.0 Å². The van der Waals surface area contributed by atoms with Gasteiger partial charge in [-0.2, -0.15) is 5.26 Å². The van der Waals surface area contributed by atoms with Gasteiger partial charge in [0.1, 0.15) is 12.2 Å². The lowest BCUT2D eigenvalue weighted by Gasteiger charge is -2.33. The van der Waals surface area contributed by atoms with Gasteiger partial charge in [0.25, 0.3) is 0 Å². The molecule has 0 aromatic heterocycles. The Morgan fingerprint density at radius 1 is 1.34 bits per heavy atom. The van der Waals surface area contributed by atoms with E-state index < -0.39 is 6.10 Å². The molecule has 2 N–H and O–H groups in total. The van der Waals surface area contributed by atoms with E-state index in [0.29, 0.717) is 0 Å². The van der Waals surface area contributed by atoms with E-state index in [1.54, 1.807) is 7.11 Å². The fraction of sp³-hybridized carbons (Fsp3) is 0.583.